The molecule has 26 heavy (non-hydrogen) atoms. The molecule has 136 valence electrons. The predicted molar refractivity (Wildman–Crippen MR) is 108 cm³/mol. The highest BCUT2D eigenvalue weighted by molar-refractivity contribution is 7.98. The summed E-state index contributed by atoms with van der Waals surface area (Å²) in [6.07, 6.45) is 3.00. The van der Waals surface area contributed by atoms with Gasteiger partial charge in [-0.2, -0.15) is 11.8 Å². The molecular weight excluding hydrogens is 368 g/mol. The Hall–Kier alpha value is -2.32. The quantitative estimate of drug-likeness (QED) is 0.574. The first-order valence-corrected chi connectivity index (χ1v) is 11.1. The summed E-state index contributed by atoms with van der Waals surface area (Å²) >= 11 is 1.76. The highest BCUT2D eigenvalue weighted by atomic mass is 32.2. The van der Waals surface area contributed by atoms with Crippen molar-refractivity contribution >= 4 is 44.5 Å². The Balaban J connectivity index is 1.94. The Morgan fingerprint density at radius 3 is 2.19 bits per heavy atom. The van der Waals surface area contributed by atoms with Crippen LogP contribution in [-0.2, 0) is 10.0 Å². The van der Waals surface area contributed by atoms with Crippen molar-refractivity contribution in [3.05, 3.63) is 54.6 Å². The van der Waals surface area contributed by atoms with E-state index in [-0.39, 0.29) is 10.7 Å². The van der Waals surface area contributed by atoms with E-state index in [0.29, 0.717) is 23.4 Å². The molecule has 8 heteroatoms. The molecule has 6 nitrogen and oxygen atoms in total. The lowest BCUT2D eigenvalue weighted by atomic mass is 10.3. The number of anilines is 2. The van der Waals surface area contributed by atoms with Gasteiger partial charge >= 0.3 is 0 Å². The van der Waals surface area contributed by atoms with Gasteiger partial charge in [-0.15, -0.1) is 0 Å². The molecule has 3 rings (SSSR count). The lowest BCUT2D eigenvalue weighted by Crippen LogP contribution is -2.17. The molecule has 2 aromatic carbocycles. The number of fused-ring (bicyclic) bond motifs is 1. The van der Waals surface area contributed by atoms with Crippen LogP contribution in [0.1, 0.15) is 6.42 Å². The number of thioether (sulfide) groups is 1. The van der Waals surface area contributed by atoms with E-state index in [9.17, 15) is 8.42 Å². The summed E-state index contributed by atoms with van der Waals surface area (Å²) in [7, 11) is -3.74. The molecule has 3 aromatic rings. The zero-order valence-electron chi connectivity index (χ0n) is 14.3. The second-order valence-corrected chi connectivity index (χ2v) is 8.27. The number of aromatic nitrogens is 2. The highest BCUT2D eigenvalue weighted by Crippen LogP contribution is 2.24. The molecule has 0 saturated carbocycles. The lowest BCUT2D eigenvalue weighted by Gasteiger charge is -2.13. The first kappa shape index (κ1) is 18.5. The van der Waals surface area contributed by atoms with Crippen LogP contribution < -0.4 is 10.0 Å². The minimum absolute atomic E-state index is 0.184. The zero-order valence-corrected chi connectivity index (χ0v) is 16.0. The molecule has 0 spiro atoms. The van der Waals surface area contributed by atoms with E-state index in [1.807, 2.05) is 18.2 Å². The van der Waals surface area contributed by atoms with E-state index < -0.39 is 10.0 Å². The van der Waals surface area contributed by atoms with Crippen LogP contribution in [0.15, 0.2) is 59.5 Å². The largest absolute Gasteiger partial charge is 0.367 e. The molecule has 0 fully saturated rings. The molecule has 0 radical (unpaired) electrons. The van der Waals surface area contributed by atoms with Gasteiger partial charge in [0.1, 0.15) is 0 Å². The number of nitrogens with zero attached hydrogens (tertiary/aromatic N) is 2. The van der Waals surface area contributed by atoms with Crippen molar-refractivity contribution in [1.29, 1.82) is 0 Å². The molecule has 0 aliphatic carbocycles. The average Bonchev–Trinajstić information content (AvgIpc) is 2.66. The van der Waals surface area contributed by atoms with Crippen molar-refractivity contribution in [2.45, 2.75) is 11.3 Å². The number of hydrogen-bond donors (Lipinski definition) is 2. The molecule has 0 amide bonds. The number of hydrogen-bond acceptors (Lipinski definition) is 6. The third kappa shape index (κ3) is 4.44. The Morgan fingerprint density at radius 1 is 0.923 bits per heavy atom. The first-order valence-electron chi connectivity index (χ1n) is 8.17. The van der Waals surface area contributed by atoms with E-state index in [1.165, 1.54) is 0 Å². The van der Waals surface area contributed by atoms with Crippen molar-refractivity contribution in [3.8, 4) is 0 Å². The average molecular weight is 389 g/mol. The van der Waals surface area contributed by atoms with Crippen LogP contribution in [0.2, 0.25) is 0 Å². The third-order valence-corrected chi connectivity index (χ3v) is 5.72. The molecule has 1 aromatic heterocycles. The van der Waals surface area contributed by atoms with Crippen molar-refractivity contribution in [1.82, 2.24) is 9.97 Å². The first-order chi connectivity index (χ1) is 12.6. The van der Waals surface area contributed by atoms with E-state index in [4.69, 9.17) is 0 Å². The summed E-state index contributed by atoms with van der Waals surface area (Å²) in [5, 5.41) is 3.20. The van der Waals surface area contributed by atoms with Gasteiger partial charge in [0.15, 0.2) is 11.6 Å². The molecule has 2 N–H and O–H groups in total. The highest BCUT2D eigenvalue weighted by Gasteiger charge is 2.18. The summed E-state index contributed by atoms with van der Waals surface area (Å²) in [6, 6.07) is 15.6. The summed E-state index contributed by atoms with van der Waals surface area (Å²) < 4.78 is 27.9. The topological polar surface area (TPSA) is 84.0 Å². The maximum atomic E-state index is 12.7. The van der Waals surface area contributed by atoms with Gasteiger partial charge in [-0.1, -0.05) is 30.3 Å². The van der Waals surface area contributed by atoms with E-state index in [2.05, 4.69) is 26.3 Å². The van der Waals surface area contributed by atoms with E-state index >= 15 is 0 Å². The Bertz CT molecular complexity index is 979. The molecule has 0 aliphatic rings. The van der Waals surface area contributed by atoms with Crippen molar-refractivity contribution in [3.63, 3.8) is 0 Å². The van der Waals surface area contributed by atoms with Gasteiger partial charge in [-0.3, -0.25) is 4.72 Å². The fraction of sp³-hybridized carbons (Fsp3) is 0.222. The van der Waals surface area contributed by atoms with Crippen LogP contribution in [0.4, 0.5) is 11.6 Å². The van der Waals surface area contributed by atoms with Crippen LogP contribution in [0, 0.1) is 0 Å². The van der Waals surface area contributed by atoms with Crippen molar-refractivity contribution in [2.24, 2.45) is 0 Å². The molecule has 0 aliphatic heterocycles. The second-order valence-electron chi connectivity index (χ2n) is 5.60. The monoisotopic (exact) mass is 388 g/mol. The summed E-state index contributed by atoms with van der Waals surface area (Å²) in [5.41, 5.74) is 1.34. The molecular formula is C18H20N4O2S2. The number of rotatable bonds is 8. The fourth-order valence-electron chi connectivity index (χ4n) is 2.40. The zero-order chi connectivity index (χ0) is 18.4. The Labute approximate surface area is 157 Å². The second kappa shape index (κ2) is 8.37. The van der Waals surface area contributed by atoms with Crippen LogP contribution in [0.25, 0.3) is 11.0 Å². The number of nitrogens with one attached hydrogen (secondary N) is 2. The van der Waals surface area contributed by atoms with Gasteiger partial charge in [-0.25, -0.2) is 18.4 Å². The molecule has 0 bridgehead atoms. The maximum absolute atomic E-state index is 12.7. The fourth-order valence-corrected chi connectivity index (χ4v) is 3.87. The third-order valence-electron chi connectivity index (χ3n) is 3.67. The SMILES string of the molecule is CSCCCNc1nc2ccccc2nc1NS(=O)(=O)c1ccccc1. The molecule has 0 unspecified atom stereocenters. The predicted octanol–water partition coefficient (Wildman–Crippen LogP) is 3.60. The Morgan fingerprint density at radius 2 is 1.54 bits per heavy atom. The number of sulfonamides is 1. The minimum Gasteiger partial charge on any atom is -0.367 e. The normalized spacial score (nSPS) is 11.4. The van der Waals surface area contributed by atoms with Gasteiger partial charge < -0.3 is 5.32 Å². The smallest absolute Gasteiger partial charge is 0.263 e. The van der Waals surface area contributed by atoms with Crippen molar-refractivity contribution in [2.75, 3.05) is 28.6 Å². The van der Waals surface area contributed by atoms with Crippen molar-refractivity contribution < 1.29 is 8.42 Å². The van der Waals surface area contributed by atoms with Gasteiger partial charge in [-0.05, 0) is 42.7 Å². The summed E-state index contributed by atoms with van der Waals surface area (Å²) in [6.45, 7) is 0.688. The minimum atomic E-state index is -3.74. The number of benzene rings is 2. The van der Waals surface area contributed by atoms with Crippen LogP contribution in [0.3, 0.4) is 0 Å². The van der Waals surface area contributed by atoms with Gasteiger partial charge in [0.05, 0.1) is 15.9 Å². The van der Waals surface area contributed by atoms with Gasteiger partial charge in [0, 0.05) is 6.54 Å². The number of para-hydroxylation sites is 2. The summed E-state index contributed by atoms with van der Waals surface area (Å²) in [5.74, 6) is 1.65. The van der Waals surface area contributed by atoms with Crippen LogP contribution in [0.5, 0.6) is 0 Å². The van der Waals surface area contributed by atoms with Crippen LogP contribution >= 0.6 is 11.8 Å². The van der Waals surface area contributed by atoms with Gasteiger partial charge in [0.2, 0.25) is 0 Å². The molecule has 1 heterocycles. The van der Waals surface area contributed by atoms with Crippen LogP contribution in [-0.4, -0.2) is 36.9 Å². The standard InChI is InChI=1S/C18H20N4O2S2/c1-25-13-7-12-19-17-18(21-16-11-6-5-10-15(16)20-17)22-26(23,24)14-8-3-2-4-9-14/h2-6,8-11H,7,12-13H2,1H3,(H,19,20)(H,21,22). The van der Waals surface area contributed by atoms with E-state index in [1.54, 1.807) is 48.2 Å². The van der Waals surface area contributed by atoms with E-state index in [0.717, 1.165) is 12.2 Å². The van der Waals surface area contributed by atoms with Gasteiger partial charge in [0.25, 0.3) is 10.0 Å². The maximum Gasteiger partial charge on any atom is 0.263 e. The Kier molecular flexibility index (Phi) is 5.95. The molecule has 0 saturated heterocycles. The summed E-state index contributed by atoms with van der Waals surface area (Å²) in [4.78, 5) is 9.19. The molecule has 0 atom stereocenters. The lowest BCUT2D eigenvalue weighted by molar-refractivity contribution is 0.601.